The average molecular weight is 709 g/mol. The summed E-state index contributed by atoms with van der Waals surface area (Å²) in [5.41, 5.74) is 16.5. The summed E-state index contributed by atoms with van der Waals surface area (Å²) < 4.78 is 6.82. The summed E-state index contributed by atoms with van der Waals surface area (Å²) in [6.45, 7) is 0. The Bertz CT molecular complexity index is 3440. The van der Waals surface area contributed by atoms with Gasteiger partial charge in [-0.2, -0.15) is 0 Å². The topological polar surface area (TPSA) is 13.1 Å². The molecule has 0 aliphatic heterocycles. The molecule has 0 fully saturated rings. The van der Waals surface area contributed by atoms with Gasteiger partial charge in [-0.25, -0.2) is 0 Å². The van der Waals surface area contributed by atoms with Gasteiger partial charge < -0.3 is 4.42 Å². The summed E-state index contributed by atoms with van der Waals surface area (Å²) in [4.78, 5) is 0. The van der Waals surface area contributed by atoms with Crippen LogP contribution in [0.2, 0.25) is 0 Å². The van der Waals surface area contributed by atoms with Crippen LogP contribution in [0.5, 0.6) is 0 Å². The molecule has 0 radical (unpaired) electrons. The van der Waals surface area contributed by atoms with Crippen molar-refractivity contribution in [2.45, 2.75) is 5.41 Å². The first-order valence-electron chi connectivity index (χ1n) is 19.5. The molecule has 1 atom stereocenters. The molecule has 1 unspecified atom stereocenters. The molecule has 13 rings (SSSR count). The number of rotatable bonds is 2. The van der Waals surface area contributed by atoms with Gasteiger partial charge in [0.1, 0.15) is 11.2 Å². The highest BCUT2D eigenvalue weighted by molar-refractivity contribution is 6.25. The molecule has 0 bridgehead atoms. The first-order valence-corrected chi connectivity index (χ1v) is 19.5. The zero-order valence-electron chi connectivity index (χ0n) is 30.4. The summed E-state index contributed by atoms with van der Waals surface area (Å²) in [6, 6.07) is 72.1. The Balaban J connectivity index is 1.12. The molecule has 2 aliphatic rings. The third kappa shape index (κ3) is 3.79. The van der Waals surface area contributed by atoms with Crippen molar-refractivity contribution in [1.29, 1.82) is 0 Å². The molecule has 258 valence electrons. The summed E-state index contributed by atoms with van der Waals surface area (Å²) in [5, 5.41) is 10.1. The molecule has 11 aromatic rings. The van der Waals surface area contributed by atoms with Gasteiger partial charge in [-0.3, -0.25) is 0 Å². The van der Waals surface area contributed by atoms with Gasteiger partial charge in [-0.1, -0.05) is 170 Å². The lowest BCUT2D eigenvalue weighted by molar-refractivity contribution is 0.669. The molecule has 56 heavy (non-hydrogen) atoms. The fraction of sp³-hybridized carbons (Fsp3) is 0.0182. The van der Waals surface area contributed by atoms with E-state index in [1.165, 1.54) is 99.1 Å². The Morgan fingerprint density at radius 1 is 0.286 bits per heavy atom. The highest BCUT2D eigenvalue weighted by Gasteiger charge is 2.52. The smallest absolute Gasteiger partial charge is 0.143 e. The van der Waals surface area contributed by atoms with Crippen LogP contribution in [-0.2, 0) is 5.41 Å². The van der Waals surface area contributed by atoms with Gasteiger partial charge in [0.15, 0.2) is 0 Å². The minimum absolute atomic E-state index is 0.537. The van der Waals surface area contributed by atoms with Crippen LogP contribution in [0.25, 0.3) is 98.8 Å². The minimum Gasteiger partial charge on any atom is -0.455 e. The number of para-hydroxylation sites is 1. The molecule has 2 aliphatic carbocycles. The van der Waals surface area contributed by atoms with Crippen molar-refractivity contribution in [3.8, 4) is 44.5 Å². The lowest BCUT2D eigenvalue weighted by atomic mass is 9.70. The van der Waals surface area contributed by atoms with Crippen molar-refractivity contribution >= 4 is 54.3 Å². The molecular weight excluding hydrogens is 677 g/mol. The van der Waals surface area contributed by atoms with E-state index in [9.17, 15) is 0 Å². The maximum atomic E-state index is 6.82. The zero-order chi connectivity index (χ0) is 36.5. The number of hydrogen-bond donors (Lipinski definition) is 0. The van der Waals surface area contributed by atoms with E-state index in [1.54, 1.807) is 0 Å². The van der Waals surface area contributed by atoms with E-state index in [0.717, 1.165) is 21.9 Å². The molecule has 1 aromatic heterocycles. The Morgan fingerprint density at radius 3 is 1.52 bits per heavy atom. The van der Waals surface area contributed by atoms with Crippen molar-refractivity contribution in [3.63, 3.8) is 0 Å². The van der Waals surface area contributed by atoms with Crippen LogP contribution in [0, 0.1) is 0 Å². The molecule has 1 heteroatoms. The number of benzene rings is 10. The van der Waals surface area contributed by atoms with E-state index >= 15 is 0 Å². The molecule has 1 heterocycles. The van der Waals surface area contributed by atoms with Crippen molar-refractivity contribution in [1.82, 2.24) is 0 Å². The Labute approximate surface area is 323 Å². The lowest BCUT2D eigenvalue weighted by Crippen LogP contribution is -2.26. The van der Waals surface area contributed by atoms with Gasteiger partial charge in [0, 0.05) is 16.3 Å². The van der Waals surface area contributed by atoms with Gasteiger partial charge in [0.25, 0.3) is 0 Å². The van der Waals surface area contributed by atoms with E-state index < -0.39 is 5.41 Å². The van der Waals surface area contributed by atoms with Crippen LogP contribution in [0.4, 0.5) is 0 Å². The highest BCUT2D eigenvalue weighted by Crippen LogP contribution is 2.65. The van der Waals surface area contributed by atoms with Crippen LogP contribution < -0.4 is 0 Å². The van der Waals surface area contributed by atoms with E-state index in [1.807, 2.05) is 0 Å². The second-order valence-electron chi connectivity index (χ2n) is 15.5. The average Bonchev–Trinajstić information content (AvgIpc) is 3.90. The van der Waals surface area contributed by atoms with E-state index in [2.05, 4.69) is 194 Å². The Morgan fingerprint density at radius 2 is 0.804 bits per heavy atom. The number of hydrogen-bond acceptors (Lipinski definition) is 1. The molecule has 0 N–H and O–H groups in total. The summed E-state index contributed by atoms with van der Waals surface area (Å²) in [7, 11) is 0. The number of furan rings is 1. The molecular formula is C55H32O. The van der Waals surface area contributed by atoms with Crippen molar-refractivity contribution in [2.24, 2.45) is 0 Å². The third-order valence-corrected chi connectivity index (χ3v) is 12.9. The predicted octanol–water partition coefficient (Wildman–Crippen LogP) is 14.7. The molecule has 10 aromatic carbocycles. The normalized spacial score (nSPS) is 15.2. The maximum Gasteiger partial charge on any atom is 0.143 e. The first-order chi connectivity index (χ1) is 27.8. The summed E-state index contributed by atoms with van der Waals surface area (Å²) in [5.74, 6) is 0. The second kappa shape index (κ2) is 10.9. The Kier molecular flexibility index (Phi) is 5.89. The standard InChI is InChI=1S/C55H32O/c1-2-12-33(13-3-1)35-23-26-42-43-27-24-36(34-22-25-41-39-16-5-4-14-37(39)38-15-6-7-17-40(38)47(41)30-34)32-51(43)55(50(42)31-35)48-20-10-8-19-46(48)53-49(55)29-28-45-44-18-9-11-21-52(44)56-54(45)53/h1-32H. The van der Waals surface area contributed by atoms with Gasteiger partial charge in [0.05, 0.1) is 5.41 Å². The largest absolute Gasteiger partial charge is 0.455 e. The fourth-order valence-corrected chi connectivity index (χ4v) is 10.5. The predicted molar refractivity (Wildman–Crippen MR) is 233 cm³/mol. The van der Waals surface area contributed by atoms with Gasteiger partial charge >= 0.3 is 0 Å². The molecule has 1 nitrogen and oxygen atoms in total. The van der Waals surface area contributed by atoms with Crippen LogP contribution >= 0.6 is 0 Å². The van der Waals surface area contributed by atoms with Crippen LogP contribution in [-0.4, -0.2) is 0 Å². The molecule has 0 saturated carbocycles. The molecule has 0 amide bonds. The Hall–Kier alpha value is -7.22. The fourth-order valence-electron chi connectivity index (χ4n) is 10.5. The van der Waals surface area contributed by atoms with Gasteiger partial charge in [0.2, 0.25) is 0 Å². The first kappa shape index (κ1) is 30.1. The van der Waals surface area contributed by atoms with E-state index in [4.69, 9.17) is 4.42 Å². The molecule has 0 saturated heterocycles. The van der Waals surface area contributed by atoms with Crippen molar-refractivity contribution < 1.29 is 4.42 Å². The summed E-state index contributed by atoms with van der Waals surface area (Å²) >= 11 is 0. The second-order valence-corrected chi connectivity index (χ2v) is 15.5. The summed E-state index contributed by atoms with van der Waals surface area (Å²) in [6.07, 6.45) is 0. The lowest BCUT2D eigenvalue weighted by Gasteiger charge is -2.31. The van der Waals surface area contributed by atoms with Gasteiger partial charge in [-0.15, -0.1) is 0 Å². The minimum atomic E-state index is -0.537. The van der Waals surface area contributed by atoms with E-state index in [0.29, 0.717) is 0 Å². The van der Waals surface area contributed by atoms with Gasteiger partial charge in [-0.05, 0) is 118 Å². The number of fused-ring (bicyclic) bond motifs is 20. The highest BCUT2D eigenvalue weighted by atomic mass is 16.3. The molecule has 1 spiro atoms. The zero-order valence-corrected chi connectivity index (χ0v) is 30.4. The van der Waals surface area contributed by atoms with Crippen molar-refractivity contribution in [3.05, 3.63) is 216 Å². The quantitative estimate of drug-likeness (QED) is 0.163. The van der Waals surface area contributed by atoms with Crippen LogP contribution in [0.15, 0.2) is 199 Å². The van der Waals surface area contributed by atoms with Crippen LogP contribution in [0.1, 0.15) is 22.3 Å². The third-order valence-electron chi connectivity index (χ3n) is 12.9. The monoisotopic (exact) mass is 708 g/mol. The van der Waals surface area contributed by atoms with Crippen LogP contribution in [0.3, 0.4) is 0 Å². The van der Waals surface area contributed by atoms with Crippen molar-refractivity contribution in [2.75, 3.05) is 0 Å². The SMILES string of the molecule is c1ccc(-c2ccc3c(c2)C2(c4cc(-c5ccc6c7ccccc7c7ccccc7c6c5)ccc4-3)c3ccccc3-c3c2ccc2c3oc3ccccc32)cc1. The van der Waals surface area contributed by atoms with E-state index in [-0.39, 0.29) is 0 Å². The maximum absolute atomic E-state index is 6.82.